The van der Waals surface area contributed by atoms with Gasteiger partial charge in [-0.3, -0.25) is 4.90 Å². The largest absolute Gasteiger partial charge is 0.377 e. The van der Waals surface area contributed by atoms with Gasteiger partial charge in [0.15, 0.2) is 0 Å². The van der Waals surface area contributed by atoms with Crippen LogP contribution in [-0.4, -0.2) is 49.3 Å². The van der Waals surface area contributed by atoms with Crippen molar-refractivity contribution in [1.82, 2.24) is 10.2 Å². The topological polar surface area (TPSA) is 24.5 Å². The third-order valence-electron chi connectivity index (χ3n) is 3.38. The van der Waals surface area contributed by atoms with Gasteiger partial charge in [0.1, 0.15) is 0 Å². The SMILES string of the molecule is CCN(CC)C(C)(C)C(COC(C)C)NC. The van der Waals surface area contributed by atoms with E-state index in [4.69, 9.17) is 4.74 Å². The van der Waals surface area contributed by atoms with Crippen LogP contribution >= 0.6 is 0 Å². The van der Waals surface area contributed by atoms with E-state index in [0.29, 0.717) is 12.1 Å². The van der Waals surface area contributed by atoms with E-state index in [1.165, 1.54) is 0 Å². The Balaban J connectivity index is 4.51. The summed E-state index contributed by atoms with van der Waals surface area (Å²) in [7, 11) is 2.01. The summed E-state index contributed by atoms with van der Waals surface area (Å²) in [6, 6.07) is 0.356. The van der Waals surface area contributed by atoms with Crippen molar-refractivity contribution in [3.05, 3.63) is 0 Å². The number of nitrogens with one attached hydrogen (secondary N) is 1. The summed E-state index contributed by atoms with van der Waals surface area (Å²) in [5.74, 6) is 0. The summed E-state index contributed by atoms with van der Waals surface area (Å²) >= 11 is 0. The molecule has 0 amide bonds. The summed E-state index contributed by atoms with van der Waals surface area (Å²) in [4.78, 5) is 2.47. The molecule has 0 spiro atoms. The van der Waals surface area contributed by atoms with E-state index in [9.17, 15) is 0 Å². The van der Waals surface area contributed by atoms with Crippen molar-refractivity contribution in [3.8, 4) is 0 Å². The van der Waals surface area contributed by atoms with Gasteiger partial charge in [-0.1, -0.05) is 13.8 Å². The van der Waals surface area contributed by atoms with Crippen LogP contribution in [0.3, 0.4) is 0 Å². The highest BCUT2D eigenvalue weighted by atomic mass is 16.5. The molecule has 0 aliphatic carbocycles. The van der Waals surface area contributed by atoms with Crippen LogP contribution in [0.4, 0.5) is 0 Å². The number of nitrogens with zero attached hydrogens (tertiary/aromatic N) is 1. The third-order valence-corrected chi connectivity index (χ3v) is 3.38. The van der Waals surface area contributed by atoms with Crippen molar-refractivity contribution >= 4 is 0 Å². The zero-order valence-electron chi connectivity index (χ0n) is 12.1. The molecule has 0 heterocycles. The van der Waals surface area contributed by atoms with Crippen molar-refractivity contribution in [1.29, 1.82) is 0 Å². The fraction of sp³-hybridized carbons (Fsp3) is 1.00. The van der Waals surface area contributed by atoms with Gasteiger partial charge in [0.05, 0.1) is 12.7 Å². The molecular formula is C13H30N2O. The Labute approximate surface area is 102 Å². The molecule has 3 nitrogen and oxygen atoms in total. The highest BCUT2D eigenvalue weighted by molar-refractivity contribution is 4.92. The first kappa shape index (κ1) is 15.9. The molecular weight excluding hydrogens is 200 g/mol. The number of hydrogen-bond acceptors (Lipinski definition) is 3. The Morgan fingerprint density at radius 1 is 1.19 bits per heavy atom. The lowest BCUT2D eigenvalue weighted by Gasteiger charge is -2.43. The molecule has 1 N–H and O–H groups in total. The lowest BCUT2D eigenvalue weighted by molar-refractivity contribution is 0.00932. The van der Waals surface area contributed by atoms with Gasteiger partial charge in [0.25, 0.3) is 0 Å². The quantitative estimate of drug-likeness (QED) is 0.691. The molecule has 0 fully saturated rings. The molecule has 0 aliphatic heterocycles. The van der Waals surface area contributed by atoms with Crippen molar-refractivity contribution < 1.29 is 4.74 Å². The Kier molecular flexibility index (Phi) is 7.20. The van der Waals surface area contributed by atoms with Crippen LogP contribution in [0.15, 0.2) is 0 Å². The number of rotatable bonds is 8. The Hall–Kier alpha value is -0.120. The molecule has 16 heavy (non-hydrogen) atoms. The second kappa shape index (κ2) is 7.25. The maximum absolute atomic E-state index is 5.73. The molecule has 0 aromatic carbocycles. The Bertz CT molecular complexity index is 177. The van der Waals surface area contributed by atoms with Crippen LogP contribution in [0.1, 0.15) is 41.5 Å². The highest BCUT2D eigenvalue weighted by Gasteiger charge is 2.33. The smallest absolute Gasteiger partial charge is 0.0640 e. The van der Waals surface area contributed by atoms with Crippen molar-refractivity contribution in [2.75, 3.05) is 26.7 Å². The van der Waals surface area contributed by atoms with Gasteiger partial charge in [-0.05, 0) is 47.8 Å². The van der Waals surface area contributed by atoms with Gasteiger partial charge in [-0.15, -0.1) is 0 Å². The van der Waals surface area contributed by atoms with Crippen LogP contribution in [0.2, 0.25) is 0 Å². The fourth-order valence-electron chi connectivity index (χ4n) is 2.19. The lowest BCUT2D eigenvalue weighted by Crippen LogP contribution is -2.58. The standard InChI is InChI=1S/C13H30N2O/c1-8-15(9-2)13(5,6)12(14-7)10-16-11(3)4/h11-12,14H,8-10H2,1-7H3. The second-order valence-corrected chi connectivity index (χ2v) is 5.05. The van der Waals surface area contributed by atoms with Crippen molar-refractivity contribution in [2.24, 2.45) is 0 Å². The average Bonchev–Trinajstić information content (AvgIpc) is 2.19. The Morgan fingerprint density at radius 3 is 2.00 bits per heavy atom. The Morgan fingerprint density at radius 2 is 1.69 bits per heavy atom. The van der Waals surface area contributed by atoms with Gasteiger partial charge in [0.2, 0.25) is 0 Å². The third kappa shape index (κ3) is 4.40. The summed E-state index contributed by atoms with van der Waals surface area (Å²) in [6.45, 7) is 16.1. The van der Waals surface area contributed by atoms with Gasteiger partial charge in [-0.2, -0.15) is 0 Å². The van der Waals surface area contributed by atoms with Crippen LogP contribution in [0.5, 0.6) is 0 Å². The minimum atomic E-state index is 0.118. The highest BCUT2D eigenvalue weighted by Crippen LogP contribution is 2.19. The molecule has 0 aromatic rings. The minimum Gasteiger partial charge on any atom is -0.377 e. The molecule has 0 aromatic heterocycles. The van der Waals surface area contributed by atoms with E-state index in [2.05, 4.69) is 51.8 Å². The monoisotopic (exact) mass is 230 g/mol. The molecule has 0 rings (SSSR count). The van der Waals surface area contributed by atoms with Crippen molar-refractivity contribution in [2.45, 2.75) is 59.2 Å². The molecule has 0 saturated carbocycles. The summed E-state index contributed by atoms with van der Waals surface area (Å²) < 4.78 is 5.73. The molecule has 1 atom stereocenters. The summed E-state index contributed by atoms with van der Waals surface area (Å²) in [5, 5.41) is 3.38. The fourth-order valence-corrected chi connectivity index (χ4v) is 2.19. The average molecular weight is 230 g/mol. The van der Waals surface area contributed by atoms with Gasteiger partial charge >= 0.3 is 0 Å². The molecule has 0 saturated heterocycles. The first-order valence-electron chi connectivity index (χ1n) is 6.43. The van der Waals surface area contributed by atoms with Crippen LogP contribution in [-0.2, 0) is 4.74 Å². The molecule has 0 radical (unpaired) electrons. The molecule has 1 unspecified atom stereocenters. The zero-order chi connectivity index (χ0) is 12.8. The van der Waals surface area contributed by atoms with E-state index in [1.807, 2.05) is 7.05 Å². The number of ether oxygens (including phenoxy) is 1. The molecule has 0 bridgehead atoms. The van der Waals surface area contributed by atoms with E-state index in [0.717, 1.165) is 19.7 Å². The lowest BCUT2D eigenvalue weighted by atomic mass is 9.92. The van der Waals surface area contributed by atoms with E-state index in [1.54, 1.807) is 0 Å². The van der Waals surface area contributed by atoms with E-state index in [-0.39, 0.29) is 5.54 Å². The predicted octanol–water partition coefficient (Wildman–Crippen LogP) is 2.12. The van der Waals surface area contributed by atoms with Crippen LogP contribution in [0.25, 0.3) is 0 Å². The number of likely N-dealkylation sites (N-methyl/N-ethyl adjacent to an activating group) is 2. The van der Waals surface area contributed by atoms with E-state index < -0.39 is 0 Å². The second-order valence-electron chi connectivity index (χ2n) is 5.05. The predicted molar refractivity (Wildman–Crippen MR) is 70.9 cm³/mol. The first-order chi connectivity index (χ1) is 7.39. The molecule has 98 valence electrons. The van der Waals surface area contributed by atoms with Crippen molar-refractivity contribution in [3.63, 3.8) is 0 Å². The zero-order valence-corrected chi connectivity index (χ0v) is 12.1. The molecule has 0 aliphatic rings. The first-order valence-corrected chi connectivity index (χ1v) is 6.43. The summed E-state index contributed by atoms with van der Waals surface area (Å²) in [6.07, 6.45) is 0.295. The van der Waals surface area contributed by atoms with E-state index >= 15 is 0 Å². The van der Waals surface area contributed by atoms with Crippen LogP contribution < -0.4 is 5.32 Å². The minimum absolute atomic E-state index is 0.118. The van der Waals surface area contributed by atoms with Crippen LogP contribution in [0, 0.1) is 0 Å². The number of hydrogen-bond donors (Lipinski definition) is 1. The maximum atomic E-state index is 5.73. The maximum Gasteiger partial charge on any atom is 0.0640 e. The van der Waals surface area contributed by atoms with Gasteiger partial charge in [0, 0.05) is 11.6 Å². The normalized spacial score (nSPS) is 14.8. The molecule has 3 heteroatoms. The van der Waals surface area contributed by atoms with Gasteiger partial charge in [-0.25, -0.2) is 0 Å². The van der Waals surface area contributed by atoms with Gasteiger partial charge < -0.3 is 10.1 Å². The summed E-state index contributed by atoms with van der Waals surface area (Å²) in [5.41, 5.74) is 0.118.